The minimum Gasteiger partial charge on any atom is -0.508 e. The lowest BCUT2D eigenvalue weighted by Crippen LogP contribution is -2.24. The van der Waals surface area contributed by atoms with Crippen LogP contribution in [0.1, 0.15) is 164 Å². The maximum absolute atomic E-state index is 12.0. The molecule has 0 aromatic heterocycles. The van der Waals surface area contributed by atoms with Crippen LogP contribution in [0.15, 0.2) is 34.6 Å². The molecule has 0 saturated carbocycles. The molecule has 0 spiro atoms. The summed E-state index contributed by atoms with van der Waals surface area (Å²) in [5.41, 5.74) is 2.14. The van der Waals surface area contributed by atoms with E-state index in [0.29, 0.717) is 24.2 Å². The molecule has 2 N–H and O–H groups in total. The second-order valence-electron chi connectivity index (χ2n) is 13.8. The highest BCUT2D eigenvalue weighted by Crippen LogP contribution is 2.44. The summed E-state index contributed by atoms with van der Waals surface area (Å²) in [7, 11) is 0. The number of unbranched alkanes of at least 4 members (excludes halogenated alkanes) is 15. The third-order valence-electron chi connectivity index (χ3n) is 8.06. The van der Waals surface area contributed by atoms with Crippen LogP contribution in [0.5, 0.6) is 0 Å². The lowest BCUT2D eigenvalue weighted by atomic mass is 9.71. The SMILES string of the molecule is CCCCCCCCCCCCCCCCCCC(=CC1C=C(C(C)(C)C)C(O)=C(C(C)(C)C)C1)C(=O)O. The van der Waals surface area contributed by atoms with Crippen molar-refractivity contribution in [1.29, 1.82) is 0 Å². The maximum atomic E-state index is 12.0. The van der Waals surface area contributed by atoms with Gasteiger partial charge in [-0.2, -0.15) is 0 Å². The summed E-state index contributed by atoms with van der Waals surface area (Å²) in [4.78, 5) is 12.0. The molecule has 1 aliphatic rings. The molecule has 38 heavy (non-hydrogen) atoms. The zero-order chi connectivity index (χ0) is 28.6. The Morgan fingerprint density at radius 3 is 1.55 bits per heavy atom. The number of carboxylic acid groups (broad SMARTS) is 1. The highest BCUT2D eigenvalue weighted by atomic mass is 16.4. The van der Waals surface area contributed by atoms with E-state index in [1.54, 1.807) is 0 Å². The van der Waals surface area contributed by atoms with Crippen molar-refractivity contribution in [2.45, 2.75) is 164 Å². The number of aliphatic carboxylic acids is 1. The summed E-state index contributed by atoms with van der Waals surface area (Å²) in [5.74, 6) is -0.376. The van der Waals surface area contributed by atoms with Gasteiger partial charge < -0.3 is 10.2 Å². The summed E-state index contributed by atoms with van der Waals surface area (Å²) >= 11 is 0. The maximum Gasteiger partial charge on any atom is 0.331 e. The molecule has 1 aliphatic carbocycles. The molecule has 0 aromatic carbocycles. The highest BCUT2D eigenvalue weighted by Gasteiger charge is 2.33. The summed E-state index contributed by atoms with van der Waals surface area (Å²) in [6.07, 6.45) is 26.5. The van der Waals surface area contributed by atoms with Crippen molar-refractivity contribution < 1.29 is 15.0 Å². The Hall–Kier alpha value is -1.51. The zero-order valence-electron chi connectivity index (χ0n) is 26.3. The van der Waals surface area contributed by atoms with Crippen molar-refractivity contribution in [3.63, 3.8) is 0 Å². The largest absolute Gasteiger partial charge is 0.508 e. The molecule has 220 valence electrons. The molecule has 1 unspecified atom stereocenters. The number of aliphatic hydroxyl groups is 1. The van der Waals surface area contributed by atoms with E-state index in [1.807, 2.05) is 6.08 Å². The molecule has 0 radical (unpaired) electrons. The second kappa shape index (κ2) is 18.0. The predicted octanol–water partition coefficient (Wildman–Crippen LogP) is 11.5. The molecule has 0 fully saturated rings. The summed E-state index contributed by atoms with van der Waals surface area (Å²) in [5, 5.41) is 20.9. The average molecular weight is 531 g/mol. The second-order valence-corrected chi connectivity index (χ2v) is 13.8. The van der Waals surface area contributed by atoms with Gasteiger partial charge in [-0.25, -0.2) is 4.79 Å². The molecule has 0 saturated heterocycles. The van der Waals surface area contributed by atoms with Gasteiger partial charge in [-0.15, -0.1) is 0 Å². The molecule has 3 heteroatoms. The Balaban J connectivity index is 2.36. The smallest absolute Gasteiger partial charge is 0.331 e. The van der Waals surface area contributed by atoms with E-state index in [4.69, 9.17) is 0 Å². The van der Waals surface area contributed by atoms with Crippen LogP contribution in [-0.4, -0.2) is 16.2 Å². The minimum absolute atomic E-state index is 0.0153. The van der Waals surface area contributed by atoms with Crippen molar-refractivity contribution in [2.24, 2.45) is 16.7 Å². The number of carboxylic acids is 1. The van der Waals surface area contributed by atoms with Gasteiger partial charge in [0.15, 0.2) is 0 Å². The Morgan fingerprint density at radius 1 is 0.763 bits per heavy atom. The van der Waals surface area contributed by atoms with Crippen LogP contribution in [0.25, 0.3) is 0 Å². The zero-order valence-corrected chi connectivity index (χ0v) is 26.3. The molecular formula is C35H62O3. The minimum atomic E-state index is -0.798. The van der Waals surface area contributed by atoms with Crippen molar-refractivity contribution in [3.8, 4) is 0 Å². The summed E-state index contributed by atoms with van der Waals surface area (Å²) in [6, 6.07) is 0. The van der Waals surface area contributed by atoms with Crippen LogP contribution in [0, 0.1) is 16.7 Å². The fourth-order valence-corrected chi connectivity index (χ4v) is 5.60. The van der Waals surface area contributed by atoms with Gasteiger partial charge in [0, 0.05) is 11.5 Å². The molecule has 0 amide bonds. The van der Waals surface area contributed by atoms with E-state index in [1.165, 1.54) is 89.9 Å². The summed E-state index contributed by atoms with van der Waals surface area (Å²) < 4.78 is 0. The first-order valence-electron chi connectivity index (χ1n) is 16.0. The van der Waals surface area contributed by atoms with Crippen LogP contribution in [0.2, 0.25) is 0 Å². The van der Waals surface area contributed by atoms with Gasteiger partial charge in [0.1, 0.15) is 5.76 Å². The number of carbonyl (C=O) groups is 1. The molecule has 1 rings (SSSR count). The molecule has 0 aliphatic heterocycles. The van der Waals surface area contributed by atoms with E-state index in [2.05, 4.69) is 54.5 Å². The van der Waals surface area contributed by atoms with Crippen molar-refractivity contribution in [2.75, 3.05) is 0 Å². The molecule has 3 nitrogen and oxygen atoms in total. The van der Waals surface area contributed by atoms with Crippen molar-refractivity contribution in [1.82, 2.24) is 0 Å². The fraction of sp³-hybridized carbons (Fsp3) is 0.800. The first kappa shape index (κ1) is 34.5. The summed E-state index contributed by atoms with van der Waals surface area (Å²) in [6.45, 7) is 15.0. The van der Waals surface area contributed by atoms with Gasteiger partial charge >= 0.3 is 5.97 Å². The van der Waals surface area contributed by atoms with Gasteiger partial charge in [0.2, 0.25) is 0 Å². The Bertz CT molecular complexity index is 770. The van der Waals surface area contributed by atoms with Gasteiger partial charge in [0.25, 0.3) is 0 Å². The molecule has 0 heterocycles. The number of hydrogen-bond donors (Lipinski definition) is 2. The van der Waals surface area contributed by atoms with Crippen LogP contribution in [-0.2, 0) is 4.79 Å². The van der Waals surface area contributed by atoms with Gasteiger partial charge in [-0.05, 0) is 41.2 Å². The Kier molecular flexibility index (Phi) is 16.3. The van der Waals surface area contributed by atoms with Crippen LogP contribution in [0.4, 0.5) is 0 Å². The lowest BCUT2D eigenvalue weighted by molar-refractivity contribution is -0.132. The van der Waals surface area contributed by atoms with E-state index in [-0.39, 0.29) is 16.7 Å². The molecule has 0 bridgehead atoms. The standard InChI is InChI=1S/C35H62O3/c1-8-9-10-11-12-13-14-15-16-17-18-19-20-21-22-23-24-29(33(37)38)25-28-26-30(34(2,3)4)32(36)31(27-28)35(5,6)7/h25-26,28,36H,8-24,27H2,1-7H3,(H,37,38). The topological polar surface area (TPSA) is 57.5 Å². The first-order valence-corrected chi connectivity index (χ1v) is 16.0. The molecule has 0 aromatic rings. The van der Waals surface area contributed by atoms with Crippen molar-refractivity contribution in [3.05, 3.63) is 34.6 Å². The van der Waals surface area contributed by atoms with Crippen LogP contribution in [0.3, 0.4) is 0 Å². The number of hydrogen-bond acceptors (Lipinski definition) is 2. The predicted molar refractivity (Wildman–Crippen MR) is 165 cm³/mol. The number of rotatable bonds is 19. The average Bonchev–Trinajstić information content (AvgIpc) is 2.82. The Morgan fingerprint density at radius 2 is 1.18 bits per heavy atom. The quantitative estimate of drug-likeness (QED) is 0.129. The Labute approximate surface area is 236 Å². The fourth-order valence-electron chi connectivity index (χ4n) is 5.60. The van der Waals surface area contributed by atoms with E-state index >= 15 is 0 Å². The normalized spacial score (nSPS) is 17.2. The third kappa shape index (κ3) is 14.0. The molecule has 1 atom stereocenters. The van der Waals surface area contributed by atoms with Crippen LogP contribution < -0.4 is 0 Å². The molecular weight excluding hydrogens is 468 g/mol. The number of allylic oxidation sites excluding steroid dienone is 4. The van der Waals surface area contributed by atoms with Crippen LogP contribution >= 0.6 is 0 Å². The van der Waals surface area contributed by atoms with Crippen molar-refractivity contribution >= 4 is 5.97 Å². The third-order valence-corrected chi connectivity index (χ3v) is 8.06. The highest BCUT2D eigenvalue weighted by molar-refractivity contribution is 5.86. The monoisotopic (exact) mass is 530 g/mol. The van der Waals surface area contributed by atoms with Gasteiger partial charge in [0.05, 0.1) is 0 Å². The van der Waals surface area contributed by atoms with Gasteiger partial charge in [-0.3, -0.25) is 0 Å². The first-order chi connectivity index (χ1) is 17.9. The van der Waals surface area contributed by atoms with E-state index < -0.39 is 5.97 Å². The van der Waals surface area contributed by atoms with Gasteiger partial charge in [-0.1, -0.05) is 157 Å². The van der Waals surface area contributed by atoms with E-state index in [0.717, 1.165) is 24.0 Å². The van der Waals surface area contributed by atoms with E-state index in [9.17, 15) is 15.0 Å². The lowest BCUT2D eigenvalue weighted by Gasteiger charge is -2.35. The number of aliphatic hydroxyl groups excluding tert-OH is 1.